The Bertz CT molecular complexity index is 1040. The SMILES string of the molecule is CCCCOC(=O)c1ccccc1NC(=O)/C(C#N)=C\Nc1ccc(N(CC)CC)cc1C.[Cl-]. The van der Waals surface area contributed by atoms with Crippen LogP contribution in [0.2, 0.25) is 0 Å². The van der Waals surface area contributed by atoms with Gasteiger partial charge in [0.05, 0.1) is 17.9 Å². The Morgan fingerprint density at radius 1 is 1.09 bits per heavy atom. The van der Waals surface area contributed by atoms with Crippen molar-refractivity contribution in [3.8, 4) is 6.07 Å². The highest BCUT2D eigenvalue weighted by molar-refractivity contribution is 6.09. The van der Waals surface area contributed by atoms with Gasteiger partial charge in [-0.1, -0.05) is 25.5 Å². The van der Waals surface area contributed by atoms with E-state index in [2.05, 4.69) is 35.4 Å². The van der Waals surface area contributed by atoms with E-state index in [0.717, 1.165) is 42.9 Å². The number of hydrogen-bond acceptors (Lipinski definition) is 6. The van der Waals surface area contributed by atoms with E-state index >= 15 is 0 Å². The maximum absolute atomic E-state index is 12.7. The predicted molar refractivity (Wildman–Crippen MR) is 132 cm³/mol. The summed E-state index contributed by atoms with van der Waals surface area (Å²) in [6.07, 6.45) is 3.05. The van der Waals surface area contributed by atoms with Gasteiger partial charge in [0.15, 0.2) is 0 Å². The Kier molecular flexibility index (Phi) is 12.3. The third-order valence-corrected chi connectivity index (χ3v) is 5.20. The fraction of sp³-hybridized carbons (Fsp3) is 0.346. The van der Waals surface area contributed by atoms with Gasteiger partial charge in [0.2, 0.25) is 0 Å². The molecule has 8 heteroatoms. The molecule has 0 heterocycles. The van der Waals surface area contributed by atoms with Crippen molar-refractivity contribution < 1.29 is 26.7 Å². The number of amides is 1. The number of esters is 1. The molecule has 0 aliphatic rings. The van der Waals surface area contributed by atoms with Crippen LogP contribution in [0.15, 0.2) is 54.2 Å². The number of benzene rings is 2. The van der Waals surface area contributed by atoms with E-state index < -0.39 is 11.9 Å². The van der Waals surface area contributed by atoms with E-state index in [1.807, 2.05) is 32.0 Å². The molecule has 0 aromatic heterocycles. The summed E-state index contributed by atoms with van der Waals surface area (Å²) in [6, 6.07) is 14.5. The number of anilines is 3. The molecule has 0 unspecified atom stereocenters. The number of rotatable bonds is 11. The van der Waals surface area contributed by atoms with Crippen LogP contribution in [0.5, 0.6) is 0 Å². The molecule has 2 aromatic rings. The lowest BCUT2D eigenvalue weighted by Crippen LogP contribution is -3.00. The molecule has 1 amide bonds. The first kappa shape index (κ1) is 28.5. The highest BCUT2D eigenvalue weighted by Crippen LogP contribution is 2.23. The standard InChI is InChI=1S/C26H32N4O3.ClH/c1-5-8-15-33-26(32)22-11-9-10-12-24(22)29-25(31)20(17-27)18-28-23-14-13-21(16-19(23)4)30(6-2)7-3;/h9-14,16,18,28H,5-8,15H2,1-4H3,(H,29,31);1H/p-1/b20-18-;. The second kappa shape index (κ2) is 14.6. The molecule has 0 saturated carbocycles. The summed E-state index contributed by atoms with van der Waals surface area (Å²) in [5.41, 5.74) is 3.34. The van der Waals surface area contributed by atoms with Gasteiger partial charge in [-0.3, -0.25) is 4.79 Å². The van der Waals surface area contributed by atoms with E-state index in [4.69, 9.17) is 4.74 Å². The maximum atomic E-state index is 12.7. The van der Waals surface area contributed by atoms with Crippen LogP contribution in [0.4, 0.5) is 17.1 Å². The predicted octanol–water partition coefficient (Wildman–Crippen LogP) is 2.26. The minimum atomic E-state index is -0.615. The van der Waals surface area contributed by atoms with Crippen molar-refractivity contribution in [2.24, 2.45) is 0 Å². The fourth-order valence-electron chi connectivity index (χ4n) is 3.24. The summed E-state index contributed by atoms with van der Waals surface area (Å²) in [5.74, 6) is -1.12. The number of ether oxygens (including phenoxy) is 1. The molecule has 0 aliphatic heterocycles. The van der Waals surface area contributed by atoms with Gasteiger partial charge in [0.1, 0.15) is 11.6 Å². The quantitative estimate of drug-likeness (QED) is 0.220. The minimum Gasteiger partial charge on any atom is -1.00 e. The number of carbonyl (C=O) groups is 2. The van der Waals surface area contributed by atoms with Crippen molar-refractivity contribution in [2.75, 3.05) is 35.2 Å². The van der Waals surface area contributed by atoms with Crippen molar-refractivity contribution in [3.05, 3.63) is 65.4 Å². The number of nitriles is 1. The fourth-order valence-corrected chi connectivity index (χ4v) is 3.24. The zero-order chi connectivity index (χ0) is 24.2. The third-order valence-electron chi connectivity index (χ3n) is 5.20. The number of unbranched alkanes of at least 4 members (excludes halogenated alkanes) is 1. The van der Waals surface area contributed by atoms with Crippen molar-refractivity contribution in [2.45, 2.75) is 40.5 Å². The van der Waals surface area contributed by atoms with Crippen LogP contribution in [0, 0.1) is 18.3 Å². The van der Waals surface area contributed by atoms with Gasteiger partial charge in [0, 0.05) is 30.7 Å². The first-order valence-corrected chi connectivity index (χ1v) is 11.2. The zero-order valence-corrected chi connectivity index (χ0v) is 20.9. The molecule has 0 atom stereocenters. The van der Waals surface area contributed by atoms with Crippen molar-refractivity contribution in [1.29, 1.82) is 5.26 Å². The molecule has 0 spiro atoms. The second-order valence-corrected chi connectivity index (χ2v) is 7.47. The number of nitrogens with zero attached hydrogens (tertiary/aromatic N) is 2. The molecule has 182 valence electrons. The van der Waals surface area contributed by atoms with Crippen LogP contribution < -0.4 is 27.9 Å². The zero-order valence-electron chi connectivity index (χ0n) is 20.2. The largest absolute Gasteiger partial charge is 1.00 e. The summed E-state index contributed by atoms with van der Waals surface area (Å²) in [4.78, 5) is 27.3. The van der Waals surface area contributed by atoms with E-state index in [-0.39, 0.29) is 23.5 Å². The van der Waals surface area contributed by atoms with Crippen LogP contribution in [0.3, 0.4) is 0 Å². The molecule has 0 aliphatic carbocycles. The number of halogens is 1. The molecule has 7 nitrogen and oxygen atoms in total. The Balaban J connectivity index is 0.00000578. The van der Waals surface area contributed by atoms with E-state index in [0.29, 0.717) is 12.3 Å². The topological polar surface area (TPSA) is 94.5 Å². The van der Waals surface area contributed by atoms with Crippen LogP contribution in [-0.4, -0.2) is 31.6 Å². The van der Waals surface area contributed by atoms with Crippen LogP contribution >= 0.6 is 0 Å². The van der Waals surface area contributed by atoms with E-state index in [1.54, 1.807) is 24.3 Å². The lowest BCUT2D eigenvalue weighted by Gasteiger charge is -2.22. The molecule has 0 fully saturated rings. The molecule has 0 radical (unpaired) electrons. The Morgan fingerprint density at radius 2 is 1.79 bits per heavy atom. The van der Waals surface area contributed by atoms with Crippen LogP contribution in [0.25, 0.3) is 0 Å². The average Bonchev–Trinajstić information content (AvgIpc) is 2.82. The maximum Gasteiger partial charge on any atom is 0.340 e. The summed E-state index contributed by atoms with van der Waals surface area (Å²) < 4.78 is 5.25. The molecular formula is C26H32ClN4O3-. The van der Waals surface area contributed by atoms with Gasteiger partial charge in [-0.05, 0) is 63.1 Å². The molecule has 2 N–H and O–H groups in total. The summed E-state index contributed by atoms with van der Waals surface area (Å²) >= 11 is 0. The smallest absolute Gasteiger partial charge is 0.340 e. The number of para-hydroxylation sites is 1. The van der Waals surface area contributed by atoms with Gasteiger partial charge >= 0.3 is 5.97 Å². The van der Waals surface area contributed by atoms with Gasteiger partial charge in [-0.15, -0.1) is 0 Å². The van der Waals surface area contributed by atoms with Gasteiger partial charge in [-0.2, -0.15) is 5.26 Å². The summed E-state index contributed by atoms with van der Waals surface area (Å²) in [6.45, 7) is 10.3. The van der Waals surface area contributed by atoms with Gasteiger partial charge in [0.25, 0.3) is 5.91 Å². The molecule has 2 rings (SSSR count). The monoisotopic (exact) mass is 483 g/mol. The third kappa shape index (κ3) is 7.82. The summed E-state index contributed by atoms with van der Waals surface area (Å²) in [7, 11) is 0. The molecule has 34 heavy (non-hydrogen) atoms. The average molecular weight is 484 g/mol. The van der Waals surface area contributed by atoms with Crippen LogP contribution in [-0.2, 0) is 9.53 Å². The lowest BCUT2D eigenvalue weighted by molar-refractivity contribution is -0.112. The number of aryl methyl sites for hydroxylation is 1. The van der Waals surface area contributed by atoms with Gasteiger partial charge in [-0.25, -0.2) is 4.79 Å². The highest BCUT2D eigenvalue weighted by atomic mass is 35.5. The number of nitrogens with one attached hydrogen (secondary N) is 2. The Labute approximate surface area is 208 Å². The van der Waals surface area contributed by atoms with Crippen molar-refractivity contribution in [1.82, 2.24) is 0 Å². The summed E-state index contributed by atoms with van der Waals surface area (Å²) in [5, 5.41) is 15.2. The molecule has 0 saturated heterocycles. The molecule has 0 bridgehead atoms. The lowest BCUT2D eigenvalue weighted by atomic mass is 10.1. The minimum absolute atomic E-state index is 0. The normalized spacial score (nSPS) is 10.5. The van der Waals surface area contributed by atoms with E-state index in [1.165, 1.54) is 6.20 Å². The Hall–Kier alpha value is -3.50. The van der Waals surface area contributed by atoms with Crippen LogP contribution in [0.1, 0.15) is 49.5 Å². The first-order valence-electron chi connectivity index (χ1n) is 11.2. The number of carbonyl (C=O) groups excluding carboxylic acids is 2. The second-order valence-electron chi connectivity index (χ2n) is 7.47. The Morgan fingerprint density at radius 3 is 2.41 bits per heavy atom. The highest BCUT2D eigenvalue weighted by Gasteiger charge is 2.16. The first-order chi connectivity index (χ1) is 15.9. The van der Waals surface area contributed by atoms with Crippen molar-refractivity contribution in [3.63, 3.8) is 0 Å². The van der Waals surface area contributed by atoms with Gasteiger partial charge < -0.3 is 32.7 Å². The number of hydrogen-bond donors (Lipinski definition) is 2. The molecule has 2 aromatic carbocycles. The molecular weight excluding hydrogens is 452 g/mol. The van der Waals surface area contributed by atoms with E-state index in [9.17, 15) is 14.9 Å². The van der Waals surface area contributed by atoms with Crippen molar-refractivity contribution >= 4 is 28.9 Å².